The molecule has 0 aliphatic carbocycles. The van der Waals surface area contributed by atoms with Crippen LogP contribution in [0.5, 0.6) is 0 Å². The number of benzene rings is 9. The number of hydrogen-bond donors (Lipinski definition) is 4. The van der Waals surface area contributed by atoms with E-state index in [9.17, 15) is 0 Å². The fourth-order valence-corrected chi connectivity index (χ4v) is 12.0. The van der Waals surface area contributed by atoms with Gasteiger partial charge in [0.15, 0.2) is 0 Å². The molecule has 1 fully saturated rings. The van der Waals surface area contributed by atoms with Crippen molar-refractivity contribution in [2.75, 3.05) is 6.54 Å². The maximum Gasteiger partial charge on any atom is 0.0879 e. The van der Waals surface area contributed by atoms with Crippen LogP contribution in [0.2, 0.25) is 0 Å². The molecular weight excluding hydrogens is 917 g/mol. The van der Waals surface area contributed by atoms with Gasteiger partial charge in [-0.25, -0.2) is 0 Å². The number of rotatable bonds is 8. The lowest BCUT2D eigenvalue weighted by Gasteiger charge is -2.40. The van der Waals surface area contributed by atoms with Crippen LogP contribution in [0.4, 0.5) is 0 Å². The predicted octanol–water partition coefficient (Wildman–Crippen LogP) is 14.6. The summed E-state index contributed by atoms with van der Waals surface area (Å²) >= 11 is 0. The Morgan fingerprint density at radius 2 is 0.787 bits per heavy atom. The monoisotopic (exact) mass is 966 g/mol. The van der Waals surface area contributed by atoms with Crippen LogP contribution in [0.15, 0.2) is 255 Å². The number of hydrogen-bond acceptors (Lipinski definition) is 5. The van der Waals surface area contributed by atoms with Gasteiger partial charge in [-0.3, -0.25) is 20.9 Å². The Morgan fingerprint density at radius 1 is 0.360 bits per heavy atom. The van der Waals surface area contributed by atoms with Crippen LogP contribution in [-0.2, 0) is 0 Å². The topological polar surface area (TPSA) is 75.8 Å². The molecule has 0 amide bonds. The molecule has 0 saturated carbocycles. The van der Waals surface area contributed by atoms with Crippen LogP contribution in [0.1, 0.15) is 23.5 Å². The van der Waals surface area contributed by atoms with E-state index in [4.69, 9.17) is 0 Å². The first kappa shape index (κ1) is 43.3. The number of fused-ring (bicyclic) bond motifs is 9. The zero-order chi connectivity index (χ0) is 49.4. The number of dihydropyridines is 1. The van der Waals surface area contributed by atoms with Crippen molar-refractivity contribution in [3.63, 3.8) is 0 Å². The molecule has 2 aliphatic heterocycles. The van der Waals surface area contributed by atoms with E-state index in [2.05, 4.69) is 264 Å². The van der Waals surface area contributed by atoms with Crippen molar-refractivity contribution in [3.8, 4) is 39.3 Å². The third-order valence-electron chi connectivity index (χ3n) is 15.5. The fourth-order valence-electron chi connectivity index (χ4n) is 12.0. The summed E-state index contributed by atoms with van der Waals surface area (Å²) in [4.78, 5) is 4.46. The zero-order valence-corrected chi connectivity index (χ0v) is 40.9. The molecule has 8 nitrogen and oxygen atoms in total. The summed E-state index contributed by atoms with van der Waals surface area (Å²) < 4.78 is 7.20. The highest BCUT2D eigenvalue weighted by Crippen LogP contribution is 2.41. The highest BCUT2D eigenvalue weighted by Gasteiger charge is 2.31. The lowest BCUT2D eigenvalue weighted by molar-refractivity contribution is 0.220. The van der Waals surface area contributed by atoms with Crippen LogP contribution in [0.3, 0.4) is 0 Å². The molecule has 3 atom stereocenters. The van der Waals surface area contributed by atoms with Crippen LogP contribution in [0.25, 0.3) is 105 Å². The Balaban J connectivity index is 0.869. The summed E-state index contributed by atoms with van der Waals surface area (Å²) in [5, 5.41) is 22.2. The Morgan fingerprint density at radius 3 is 1.25 bits per heavy atom. The summed E-state index contributed by atoms with van der Waals surface area (Å²) in [6.07, 6.45) is 9.74. The SMILES string of the molecule is C1=CNCC(C2NC(c3ccc(-n4c5ccc(-c6ccc7c(c6)c6ccccc6n7-c6ccccc6)cc5c5cc(-c6ccc7c(c6)c6ccccc6n7-c6ccccc6)ccc54)cc3)NC(c3cccnc3)N2)=C1. The second-order valence-electron chi connectivity index (χ2n) is 19.8. The quantitative estimate of drug-likeness (QED) is 0.122. The van der Waals surface area contributed by atoms with E-state index in [0.29, 0.717) is 0 Å². The number of aromatic nitrogens is 4. The molecule has 4 aromatic heterocycles. The van der Waals surface area contributed by atoms with Gasteiger partial charge in [-0.2, -0.15) is 0 Å². The first-order valence-electron chi connectivity index (χ1n) is 25.8. The average Bonchev–Trinajstić information content (AvgIpc) is 4.16. The van der Waals surface area contributed by atoms with Crippen molar-refractivity contribution in [1.82, 2.24) is 40.0 Å². The predicted molar refractivity (Wildman–Crippen MR) is 308 cm³/mol. The Labute approximate surface area is 433 Å². The summed E-state index contributed by atoms with van der Waals surface area (Å²) in [5.74, 6) is 0. The standard InChI is InChI=1S/C67H50N8/c1-3-15-50(16-4-1)73-59-21-9-7-19-53(59)55-37-44(25-31-61(55)73)46-27-33-63-57(39-46)58-40-47(45-26-32-62-56(38-45)54-20-8-10-22-60(54)74(62)51-17-5-2-6-18-51)28-34-64(58)75(63)52-29-23-43(24-30-52)65-70-66(48-13-11-35-68-41-48)72-67(71-65)49-14-12-36-69-42-49/h1-41,65-67,69-72H,42H2. The molecule has 0 spiro atoms. The molecule has 358 valence electrons. The first-order valence-corrected chi connectivity index (χ1v) is 25.8. The molecule has 0 bridgehead atoms. The van der Waals surface area contributed by atoms with E-state index in [-0.39, 0.29) is 18.5 Å². The van der Waals surface area contributed by atoms with E-state index in [1.165, 1.54) is 82.2 Å². The Kier molecular flexibility index (Phi) is 10.2. The van der Waals surface area contributed by atoms with E-state index in [1.54, 1.807) is 0 Å². The molecule has 0 radical (unpaired) electrons. The Bertz CT molecular complexity index is 4180. The zero-order valence-electron chi connectivity index (χ0n) is 40.9. The van der Waals surface area contributed by atoms with Crippen molar-refractivity contribution >= 4 is 65.4 Å². The van der Waals surface area contributed by atoms with Gasteiger partial charge < -0.3 is 19.0 Å². The van der Waals surface area contributed by atoms with Gasteiger partial charge in [0.1, 0.15) is 0 Å². The summed E-state index contributed by atoms with van der Waals surface area (Å²) in [5.41, 5.74) is 18.7. The lowest BCUT2D eigenvalue weighted by atomic mass is 9.98. The van der Waals surface area contributed by atoms with Gasteiger partial charge in [-0.1, -0.05) is 121 Å². The van der Waals surface area contributed by atoms with E-state index < -0.39 is 0 Å². The van der Waals surface area contributed by atoms with Gasteiger partial charge in [0.2, 0.25) is 0 Å². The average molecular weight is 967 g/mol. The molecule has 75 heavy (non-hydrogen) atoms. The van der Waals surface area contributed by atoms with Gasteiger partial charge in [0.25, 0.3) is 0 Å². The number of para-hydroxylation sites is 4. The van der Waals surface area contributed by atoms with Crippen molar-refractivity contribution in [3.05, 3.63) is 266 Å². The highest BCUT2D eigenvalue weighted by atomic mass is 15.4. The number of pyridine rings is 1. The van der Waals surface area contributed by atoms with Gasteiger partial charge in [0.05, 0.1) is 51.6 Å². The van der Waals surface area contributed by atoms with Gasteiger partial charge >= 0.3 is 0 Å². The van der Waals surface area contributed by atoms with Crippen molar-refractivity contribution in [2.45, 2.75) is 18.5 Å². The van der Waals surface area contributed by atoms with Crippen LogP contribution >= 0.6 is 0 Å². The molecular formula is C67H50N8. The second-order valence-corrected chi connectivity index (χ2v) is 19.8. The molecule has 3 unspecified atom stereocenters. The molecule has 6 heterocycles. The normalized spacial score (nSPS) is 16.9. The Hall–Kier alpha value is -9.31. The van der Waals surface area contributed by atoms with E-state index in [1.807, 2.05) is 24.7 Å². The van der Waals surface area contributed by atoms with Crippen molar-refractivity contribution in [2.24, 2.45) is 0 Å². The number of nitrogens with zero attached hydrogens (tertiary/aromatic N) is 4. The minimum Gasteiger partial charge on any atom is -0.387 e. The van der Waals surface area contributed by atoms with E-state index >= 15 is 0 Å². The first-order chi connectivity index (χ1) is 37.2. The molecule has 9 aromatic carbocycles. The van der Waals surface area contributed by atoms with Crippen molar-refractivity contribution in [1.29, 1.82) is 0 Å². The van der Waals surface area contributed by atoms with Crippen LogP contribution in [-0.4, -0.2) is 31.4 Å². The van der Waals surface area contributed by atoms with Crippen LogP contribution in [0, 0.1) is 0 Å². The molecule has 2 aliphatic rings. The molecule has 8 heteroatoms. The maximum atomic E-state index is 4.46. The number of nitrogens with one attached hydrogen (secondary N) is 4. The van der Waals surface area contributed by atoms with E-state index in [0.717, 1.165) is 45.8 Å². The third kappa shape index (κ3) is 7.29. The molecule has 15 rings (SSSR count). The van der Waals surface area contributed by atoms with Gasteiger partial charge in [0, 0.05) is 73.9 Å². The largest absolute Gasteiger partial charge is 0.387 e. The lowest BCUT2D eigenvalue weighted by Crippen LogP contribution is -2.60. The van der Waals surface area contributed by atoms with Gasteiger partial charge in [-0.05, 0) is 149 Å². The highest BCUT2D eigenvalue weighted by molar-refractivity contribution is 6.14. The van der Waals surface area contributed by atoms with Crippen molar-refractivity contribution < 1.29 is 0 Å². The molecule has 1 saturated heterocycles. The summed E-state index contributed by atoms with van der Waals surface area (Å²) in [6, 6.07) is 80.1. The van der Waals surface area contributed by atoms with Gasteiger partial charge in [-0.15, -0.1) is 0 Å². The molecule has 13 aromatic rings. The van der Waals surface area contributed by atoms with Crippen LogP contribution < -0.4 is 21.3 Å². The summed E-state index contributed by atoms with van der Waals surface area (Å²) in [6.45, 7) is 0.768. The fraction of sp³-hybridized carbons (Fsp3) is 0.0597. The smallest absolute Gasteiger partial charge is 0.0879 e. The second kappa shape index (κ2) is 17.7. The minimum absolute atomic E-state index is 0.0502. The third-order valence-corrected chi connectivity index (χ3v) is 15.5. The maximum absolute atomic E-state index is 4.46. The minimum atomic E-state index is -0.122. The molecule has 4 N–H and O–H groups in total. The summed E-state index contributed by atoms with van der Waals surface area (Å²) in [7, 11) is 0. The number of allylic oxidation sites excluding steroid dienone is 2.